The highest BCUT2D eigenvalue weighted by Crippen LogP contribution is 2.42. The molecule has 0 aromatic heterocycles. The molecule has 0 atom stereocenters. The lowest BCUT2D eigenvalue weighted by Crippen LogP contribution is -2.06. The molecule has 0 spiro atoms. The van der Waals surface area contributed by atoms with Crippen LogP contribution in [0.3, 0.4) is 0 Å². The number of phenolic OH excluding ortho intramolecular Hbond substituents is 2. The molecule has 0 saturated heterocycles. The first-order valence-corrected chi connectivity index (χ1v) is 10.3. The van der Waals surface area contributed by atoms with Crippen LogP contribution in [-0.4, -0.2) is 22.8 Å². The number of carbonyl (C=O) groups excluding carboxylic acids is 1. The van der Waals surface area contributed by atoms with Gasteiger partial charge in [0.15, 0.2) is 0 Å². The average molecular weight is 412 g/mol. The highest BCUT2D eigenvalue weighted by Gasteiger charge is 2.22. The minimum Gasteiger partial charge on any atom is -0.508 e. The number of aromatic hydroxyl groups is 2. The van der Waals surface area contributed by atoms with Gasteiger partial charge in [0, 0.05) is 6.08 Å². The minimum atomic E-state index is -0.357. The summed E-state index contributed by atoms with van der Waals surface area (Å²) in [5, 5.41) is 19.6. The van der Waals surface area contributed by atoms with Gasteiger partial charge in [0.1, 0.15) is 11.5 Å². The second kappa shape index (κ2) is 8.92. The Morgan fingerprint density at radius 2 is 1.58 bits per heavy atom. The Morgan fingerprint density at radius 3 is 2.29 bits per heavy atom. The van der Waals surface area contributed by atoms with Gasteiger partial charge in [-0.05, 0) is 89.1 Å². The second-order valence-electron chi connectivity index (χ2n) is 7.45. The summed E-state index contributed by atoms with van der Waals surface area (Å²) in [6.07, 6.45) is 4.84. The fourth-order valence-corrected chi connectivity index (χ4v) is 3.97. The van der Waals surface area contributed by atoms with Crippen LogP contribution in [0.2, 0.25) is 0 Å². The molecule has 4 heteroatoms. The molecule has 0 unspecified atom stereocenters. The Bertz CT molecular complexity index is 1150. The molecule has 3 aromatic rings. The van der Waals surface area contributed by atoms with Gasteiger partial charge in [-0.3, -0.25) is 0 Å². The van der Waals surface area contributed by atoms with Crippen molar-refractivity contribution in [1.29, 1.82) is 0 Å². The molecular weight excluding hydrogens is 388 g/mol. The van der Waals surface area contributed by atoms with Gasteiger partial charge in [0.25, 0.3) is 0 Å². The number of fused-ring (bicyclic) bond motifs is 1. The third-order valence-corrected chi connectivity index (χ3v) is 5.42. The number of allylic oxidation sites excluding steroid dienone is 1. The number of aryl methyl sites for hydroxylation is 1. The van der Waals surface area contributed by atoms with Crippen molar-refractivity contribution in [3.05, 3.63) is 101 Å². The molecule has 0 radical (unpaired) electrons. The molecule has 4 nitrogen and oxygen atoms in total. The number of benzene rings is 3. The molecule has 0 saturated carbocycles. The molecule has 156 valence electrons. The number of ether oxygens (including phenoxy) is 1. The first-order valence-electron chi connectivity index (χ1n) is 10.3. The molecular formula is C27H24O4. The van der Waals surface area contributed by atoms with Crippen LogP contribution in [-0.2, 0) is 16.0 Å². The maximum absolute atomic E-state index is 11.6. The van der Waals surface area contributed by atoms with E-state index in [9.17, 15) is 15.0 Å². The van der Waals surface area contributed by atoms with Crippen molar-refractivity contribution in [3.63, 3.8) is 0 Å². The molecule has 2 N–H and O–H groups in total. The maximum Gasteiger partial charge on any atom is 0.330 e. The Morgan fingerprint density at radius 1 is 0.903 bits per heavy atom. The van der Waals surface area contributed by atoms with Gasteiger partial charge in [-0.1, -0.05) is 42.5 Å². The van der Waals surface area contributed by atoms with Gasteiger partial charge < -0.3 is 14.9 Å². The van der Waals surface area contributed by atoms with Gasteiger partial charge in [-0.15, -0.1) is 0 Å². The summed E-state index contributed by atoms with van der Waals surface area (Å²) in [6, 6.07) is 20.8. The average Bonchev–Trinajstić information content (AvgIpc) is 2.78. The minimum absolute atomic E-state index is 0.241. The summed E-state index contributed by atoms with van der Waals surface area (Å²) in [6.45, 7) is 2.13. The molecule has 4 rings (SSSR count). The molecule has 31 heavy (non-hydrogen) atoms. The van der Waals surface area contributed by atoms with Crippen LogP contribution >= 0.6 is 0 Å². The van der Waals surface area contributed by atoms with Crippen LogP contribution in [0.15, 0.2) is 72.8 Å². The Labute approximate surface area is 181 Å². The van der Waals surface area contributed by atoms with E-state index in [1.165, 1.54) is 11.6 Å². The summed E-state index contributed by atoms with van der Waals surface area (Å²) >= 11 is 0. The number of esters is 1. The van der Waals surface area contributed by atoms with Crippen molar-refractivity contribution in [2.24, 2.45) is 0 Å². The first-order chi connectivity index (χ1) is 15.0. The van der Waals surface area contributed by atoms with E-state index in [-0.39, 0.29) is 17.5 Å². The molecule has 0 bridgehead atoms. The van der Waals surface area contributed by atoms with Gasteiger partial charge in [-0.2, -0.15) is 0 Å². The Hall–Kier alpha value is -3.79. The fourth-order valence-electron chi connectivity index (χ4n) is 3.97. The normalized spacial score (nSPS) is 13.3. The van der Waals surface area contributed by atoms with Crippen LogP contribution in [0.5, 0.6) is 11.5 Å². The zero-order valence-corrected chi connectivity index (χ0v) is 17.3. The third kappa shape index (κ3) is 4.53. The molecule has 0 heterocycles. The van der Waals surface area contributed by atoms with Crippen molar-refractivity contribution in [2.75, 3.05) is 6.61 Å². The van der Waals surface area contributed by atoms with E-state index in [1.54, 1.807) is 31.2 Å². The predicted molar refractivity (Wildman–Crippen MR) is 123 cm³/mol. The summed E-state index contributed by atoms with van der Waals surface area (Å²) in [7, 11) is 0. The summed E-state index contributed by atoms with van der Waals surface area (Å²) in [4.78, 5) is 11.6. The number of carbonyl (C=O) groups is 1. The van der Waals surface area contributed by atoms with Crippen LogP contribution in [0.25, 0.3) is 17.2 Å². The standard InChI is InChI=1S/C27H24O4/c1-2-31-26(30)16-5-18-3-6-20(7-4-18)27-24(19-8-11-22(28)12-9-19)14-10-21-17-23(29)13-15-25(21)27/h3-9,11-13,15-17,28-29H,2,10,14H2,1H3. The molecule has 0 aliphatic heterocycles. The van der Waals surface area contributed by atoms with Crippen molar-refractivity contribution >= 4 is 23.2 Å². The molecule has 1 aliphatic carbocycles. The monoisotopic (exact) mass is 412 g/mol. The topological polar surface area (TPSA) is 66.8 Å². The van der Waals surface area contributed by atoms with Crippen LogP contribution in [0, 0.1) is 0 Å². The Kier molecular flexibility index (Phi) is 5.89. The third-order valence-electron chi connectivity index (χ3n) is 5.42. The molecule has 0 amide bonds. The highest BCUT2D eigenvalue weighted by molar-refractivity contribution is 6.01. The summed E-state index contributed by atoms with van der Waals surface area (Å²) in [5.74, 6) is 0.153. The SMILES string of the molecule is CCOC(=O)C=Cc1ccc(C2=C(c3ccc(O)cc3)CCc3cc(O)ccc32)cc1. The molecule has 3 aromatic carbocycles. The largest absolute Gasteiger partial charge is 0.508 e. The fraction of sp³-hybridized carbons (Fsp3) is 0.148. The number of rotatable bonds is 5. The van der Waals surface area contributed by atoms with E-state index in [1.807, 2.05) is 48.5 Å². The predicted octanol–water partition coefficient (Wildman–Crippen LogP) is 5.58. The smallest absolute Gasteiger partial charge is 0.330 e. The van der Waals surface area contributed by atoms with E-state index >= 15 is 0 Å². The highest BCUT2D eigenvalue weighted by atomic mass is 16.5. The van der Waals surface area contributed by atoms with E-state index in [2.05, 4.69) is 0 Å². The van der Waals surface area contributed by atoms with Gasteiger partial charge in [0.2, 0.25) is 0 Å². The lowest BCUT2D eigenvalue weighted by atomic mass is 9.79. The lowest BCUT2D eigenvalue weighted by Gasteiger charge is -2.25. The Balaban J connectivity index is 1.77. The number of hydrogen-bond acceptors (Lipinski definition) is 4. The first kappa shape index (κ1) is 20.5. The van der Waals surface area contributed by atoms with Gasteiger partial charge in [-0.25, -0.2) is 4.79 Å². The van der Waals surface area contributed by atoms with E-state index in [0.29, 0.717) is 6.61 Å². The summed E-state index contributed by atoms with van der Waals surface area (Å²) < 4.78 is 4.93. The van der Waals surface area contributed by atoms with Crippen molar-refractivity contribution < 1.29 is 19.7 Å². The number of phenols is 2. The zero-order valence-electron chi connectivity index (χ0n) is 17.3. The molecule has 0 fully saturated rings. The van der Waals surface area contributed by atoms with Gasteiger partial charge in [0.05, 0.1) is 6.61 Å². The van der Waals surface area contributed by atoms with Crippen LogP contribution in [0.4, 0.5) is 0 Å². The zero-order chi connectivity index (χ0) is 21.8. The van der Waals surface area contributed by atoms with Crippen molar-refractivity contribution in [3.8, 4) is 11.5 Å². The van der Waals surface area contributed by atoms with E-state index in [0.717, 1.165) is 46.2 Å². The number of hydrogen-bond donors (Lipinski definition) is 2. The van der Waals surface area contributed by atoms with E-state index < -0.39 is 0 Å². The summed E-state index contributed by atoms with van der Waals surface area (Å²) in [5.41, 5.74) is 7.57. The second-order valence-corrected chi connectivity index (χ2v) is 7.45. The van der Waals surface area contributed by atoms with Crippen molar-refractivity contribution in [1.82, 2.24) is 0 Å². The molecule has 1 aliphatic rings. The quantitative estimate of drug-likeness (QED) is 0.424. The maximum atomic E-state index is 11.6. The van der Waals surface area contributed by atoms with Crippen molar-refractivity contribution in [2.45, 2.75) is 19.8 Å². The van der Waals surface area contributed by atoms with E-state index in [4.69, 9.17) is 4.74 Å². The van der Waals surface area contributed by atoms with Gasteiger partial charge >= 0.3 is 5.97 Å². The lowest BCUT2D eigenvalue weighted by molar-refractivity contribution is -0.137. The van der Waals surface area contributed by atoms with Crippen LogP contribution < -0.4 is 0 Å². The van der Waals surface area contributed by atoms with Crippen LogP contribution in [0.1, 0.15) is 41.2 Å².